The Bertz CT molecular complexity index is 199. The average Bonchev–Trinajstić information content (AvgIpc) is 2.14. The van der Waals surface area contributed by atoms with Crippen LogP contribution in [0.3, 0.4) is 0 Å². The SMILES string of the molecule is NCCCNCc1cccnn1. The van der Waals surface area contributed by atoms with Crippen LogP contribution in [-0.2, 0) is 6.54 Å². The van der Waals surface area contributed by atoms with E-state index in [1.54, 1.807) is 6.20 Å². The zero-order valence-electron chi connectivity index (χ0n) is 7.03. The van der Waals surface area contributed by atoms with Crippen molar-refractivity contribution in [2.24, 2.45) is 5.73 Å². The van der Waals surface area contributed by atoms with Gasteiger partial charge in [-0.1, -0.05) is 0 Å². The molecule has 0 saturated carbocycles. The van der Waals surface area contributed by atoms with Crippen molar-refractivity contribution in [1.29, 1.82) is 0 Å². The molecular formula is C8H14N4. The summed E-state index contributed by atoms with van der Waals surface area (Å²) in [7, 11) is 0. The first-order chi connectivity index (χ1) is 5.93. The first-order valence-electron chi connectivity index (χ1n) is 4.11. The van der Waals surface area contributed by atoms with E-state index in [-0.39, 0.29) is 0 Å². The Morgan fingerprint density at radius 3 is 3.08 bits per heavy atom. The minimum Gasteiger partial charge on any atom is -0.330 e. The number of aromatic nitrogens is 2. The van der Waals surface area contributed by atoms with Crippen LogP contribution in [0.2, 0.25) is 0 Å². The molecule has 0 aliphatic rings. The van der Waals surface area contributed by atoms with Crippen molar-refractivity contribution < 1.29 is 0 Å². The van der Waals surface area contributed by atoms with Crippen LogP contribution in [0.5, 0.6) is 0 Å². The molecule has 0 bridgehead atoms. The van der Waals surface area contributed by atoms with E-state index in [1.807, 2.05) is 12.1 Å². The fraction of sp³-hybridized carbons (Fsp3) is 0.500. The Morgan fingerprint density at radius 2 is 2.42 bits per heavy atom. The van der Waals surface area contributed by atoms with Crippen LogP contribution in [0.4, 0.5) is 0 Å². The standard InChI is InChI=1S/C8H14N4/c9-4-2-5-10-7-8-3-1-6-11-12-8/h1,3,6,10H,2,4-5,7,9H2. The van der Waals surface area contributed by atoms with Crippen LogP contribution >= 0.6 is 0 Å². The Balaban J connectivity index is 2.16. The predicted molar refractivity (Wildman–Crippen MR) is 47.4 cm³/mol. The highest BCUT2D eigenvalue weighted by Gasteiger charge is 1.91. The van der Waals surface area contributed by atoms with Gasteiger partial charge in [0, 0.05) is 12.7 Å². The molecule has 0 amide bonds. The molecule has 0 unspecified atom stereocenters. The summed E-state index contributed by atoms with van der Waals surface area (Å²) < 4.78 is 0. The van der Waals surface area contributed by atoms with E-state index in [1.165, 1.54) is 0 Å². The molecule has 66 valence electrons. The maximum atomic E-state index is 5.34. The largest absolute Gasteiger partial charge is 0.330 e. The summed E-state index contributed by atoms with van der Waals surface area (Å²) in [5.41, 5.74) is 6.31. The lowest BCUT2D eigenvalue weighted by molar-refractivity contribution is 0.640. The van der Waals surface area contributed by atoms with Gasteiger partial charge in [0.1, 0.15) is 0 Å². The average molecular weight is 166 g/mol. The normalized spacial score (nSPS) is 10.1. The van der Waals surface area contributed by atoms with Gasteiger partial charge in [0.2, 0.25) is 0 Å². The smallest absolute Gasteiger partial charge is 0.0768 e. The van der Waals surface area contributed by atoms with E-state index < -0.39 is 0 Å². The van der Waals surface area contributed by atoms with Gasteiger partial charge in [0.15, 0.2) is 0 Å². The van der Waals surface area contributed by atoms with Gasteiger partial charge >= 0.3 is 0 Å². The number of hydrogen-bond donors (Lipinski definition) is 2. The predicted octanol–water partition coefficient (Wildman–Crippen LogP) is -0.0850. The second kappa shape index (κ2) is 5.62. The molecule has 1 aromatic rings. The van der Waals surface area contributed by atoms with E-state index in [4.69, 9.17) is 5.73 Å². The quantitative estimate of drug-likeness (QED) is 0.600. The first kappa shape index (κ1) is 9.09. The van der Waals surface area contributed by atoms with E-state index in [0.29, 0.717) is 0 Å². The van der Waals surface area contributed by atoms with Gasteiger partial charge < -0.3 is 11.1 Å². The lowest BCUT2D eigenvalue weighted by Gasteiger charge is -2.01. The molecule has 1 rings (SSSR count). The van der Waals surface area contributed by atoms with Gasteiger partial charge in [-0.05, 0) is 31.6 Å². The maximum absolute atomic E-state index is 5.34. The van der Waals surface area contributed by atoms with Gasteiger partial charge in [-0.2, -0.15) is 10.2 Å². The summed E-state index contributed by atoms with van der Waals surface area (Å²) in [6.45, 7) is 2.44. The highest BCUT2D eigenvalue weighted by Crippen LogP contribution is 1.88. The molecule has 0 saturated heterocycles. The number of nitrogens with two attached hydrogens (primary N) is 1. The second-order valence-corrected chi connectivity index (χ2v) is 2.53. The van der Waals surface area contributed by atoms with Crippen LogP contribution in [0.25, 0.3) is 0 Å². The fourth-order valence-electron chi connectivity index (χ4n) is 0.871. The monoisotopic (exact) mass is 166 g/mol. The highest BCUT2D eigenvalue weighted by atomic mass is 15.1. The van der Waals surface area contributed by atoms with Crippen LogP contribution in [0.1, 0.15) is 12.1 Å². The van der Waals surface area contributed by atoms with Crippen molar-refractivity contribution in [3.63, 3.8) is 0 Å². The molecule has 1 heterocycles. The van der Waals surface area contributed by atoms with Crippen molar-refractivity contribution in [3.8, 4) is 0 Å². The van der Waals surface area contributed by atoms with E-state index in [0.717, 1.165) is 31.7 Å². The lowest BCUT2D eigenvalue weighted by atomic mass is 10.3. The van der Waals surface area contributed by atoms with Gasteiger partial charge in [-0.25, -0.2) is 0 Å². The van der Waals surface area contributed by atoms with E-state index >= 15 is 0 Å². The van der Waals surface area contributed by atoms with E-state index in [9.17, 15) is 0 Å². The summed E-state index contributed by atoms with van der Waals surface area (Å²) >= 11 is 0. The molecule has 4 nitrogen and oxygen atoms in total. The lowest BCUT2D eigenvalue weighted by Crippen LogP contribution is -2.18. The Labute approximate surface area is 72.2 Å². The molecule has 3 N–H and O–H groups in total. The topological polar surface area (TPSA) is 63.8 Å². The molecule has 0 spiro atoms. The molecule has 0 aromatic carbocycles. The van der Waals surface area contributed by atoms with Crippen molar-refractivity contribution in [2.45, 2.75) is 13.0 Å². The Morgan fingerprint density at radius 1 is 1.50 bits per heavy atom. The van der Waals surface area contributed by atoms with Gasteiger partial charge in [-0.3, -0.25) is 0 Å². The van der Waals surface area contributed by atoms with Crippen molar-refractivity contribution >= 4 is 0 Å². The van der Waals surface area contributed by atoms with Crippen LogP contribution in [-0.4, -0.2) is 23.3 Å². The molecule has 0 atom stereocenters. The number of hydrogen-bond acceptors (Lipinski definition) is 4. The first-order valence-corrected chi connectivity index (χ1v) is 4.11. The summed E-state index contributed by atoms with van der Waals surface area (Å²) in [4.78, 5) is 0. The molecule has 0 fully saturated rings. The third-order valence-corrected chi connectivity index (χ3v) is 1.49. The number of nitrogens with zero attached hydrogens (tertiary/aromatic N) is 2. The number of rotatable bonds is 5. The summed E-state index contributed by atoms with van der Waals surface area (Å²) in [6, 6.07) is 3.83. The van der Waals surface area contributed by atoms with E-state index in [2.05, 4.69) is 15.5 Å². The summed E-state index contributed by atoms with van der Waals surface area (Å²) in [5.74, 6) is 0. The van der Waals surface area contributed by atoms with Crippen molar-refractivity contribution in [1.82, 2.24) is 15.5 Å². The number of nitrogens with one attached hydrogen (secondary N) is 1. The van der Waals surface area contributed by atoms with Crippen LogP contribution in [0.15, 0.2) is 18.3 Å². The Kier molecular flexibility index (Phi) is 4.26. The zero-order valence-corrected chi connectivity index (χ0v) is 7.03. The zero-order chi connectivity index (χ0) is 8.65. The van der Waals surface area contributed by atoms with Gasteiger partial charge in [0.05, 0.1) is 5.69 Å². The Hall–Kier alpha value is -1.00. The summed E-state index contributed by atoms with van der Waals surface area (Å²) in [6.07, 6.45) is 2.67. The second-order valence-electron chi connectivity index (χ2n) is 2.53. The van der Waals surface area contributed by atoms with Crippen molar-refractivity contribution in [2.75, 3.05) is 13.1 Å². The van der Waals surface area contributed by atoms with Gasteiger partial charge in [-0.15, -0.1) is 0 Å². The molecule has 0 aliphatic carbocycles. The minimum absolute atomic E-state index is 0.730. The fourth-order valence-corrected chi connectivity index (χ4v) is 0.871. The molecule has 4 heteroatoms. The van der Waals surface area contributed by atoms with Gasteiger partial charge in [0.25, 0.3) is 0 Å². The third kappa shape index (κ3) is 3.41. The maximum Gasteiger partial charge on any atom is 0.0768 e. The molecule has 1 aromatic heterocycles. The molecule has 0 aliphatic heterocycles. The molecule has 12 heavy (non-hydrogen) atoms. The molecular weight excluding hydrogens is 152 g/mol. The van der Waals surface area contributed by atoms with Crippen LogP contribution < -0.4 is 11.1 Å². The molecule has 0 radical (unpaired) electrons. The third-order valence-electron chi connectivity index (χ3n) is 1.49. The summed E-state index contributed by atoms with van der Waals surface area (Å²) in [5, 5.41) is 10.9. The van der Waals surface area contributed by atoms with Crippen molar-refractivity contribution in [3.05, 3.63) is 24.0 Å². The minimum atomic E-state index is 0.730. The van der Waals surface area contributed by atoms with Crippen LogP contribution in [0, 0.1) is 0 Å². The highest BCUT2D eigenvalue weighted by molar-refractivity contribution is 4.98.